The zero-order valence-electron chi connectivity index (χ0n) is 20.9. The van der Waals surface area contributed by atoms with Gasteiger partial charge in [0.2, 0.25) is 11.8 Å². The van der Waals surface area contributed by atoms with E-state index in [1.165, 1.54) is 24.6 Å². The quantitative estimate of drug-likeness (QED) is 0.513. The Morgan fingerprint density at radius 3 is 2.73 bits per heavy atom. The predicted octanol–water partition coefficient (Wildman–Crippen LogP) is 4.41. The fourth-order valence-corrected chi connectivity index (χ4v) is 5.76. The fraction of sp³-hybridized carbons (Fsp3) is 0.300. The van der Waals surface area contributed by atoms with Crippen LogP contribution in [-0.2, 0) is 11.2 Å². The van der Waals surface area contributed by atoms with Gasteiger partial charge >= 0.3 is 0 Å². The van der Waals surface area contributed by atoms with Gasteiger partial charge < -0.3 is 11.1 Å². The Morgan fingerprint density at radius 2 is 2.00 bits per heavy atom. The van der Waals surface area contributed by atoms with Crippen LogP contribution in [0.1, 0.15) is 60.3 Å². The molecule has 188 valence electrons. The molecule has 3 aromatic rings. The fourth-order valence-electron chi connectivity index (χ4n) is 5.76. The number of amides is 2. The molecule has 0 radical (unpaired) electrons. The van der Waals surface area contributed by atoms with Crippen molar-refractivity contribution in [3.8, 4) is 17.5 Å². The van der Waals surface area contributed by atoms with Crippen LogP contribution in [0.25, 0.3) is 11.8 Å². The van der Waals surface area contributed by atoms with Crippen LogP contribution >= 0.6 is 0 Å². The number of nitrogens with two attached hydrogens (primary N) is 1. The molecule has 6 nitrogen and oxygen atoms in total. The minimum absolute atomic E-state index is 0.0762. The average molecular weight is 497 g/mol. The molecule has 1 aromatic heterocycles. The molecule has 1 saturated carbocycles. The van der Waals surface area contributed by atoms with E-state index in [2.05, 4.69) is 35.3 Å². The number of benzene rings is 2. The van der Waals surface area contributed by atoms with Gasteiger partial charge in [0.05, 0.1) is 29.2 Å². The number of primary amides is 1. The van der Waals surface area contributed by atoms with Crippen LogP contribution in [0.15, 0.2) is 60.3 Å². The summed E-state index contributed by atoms with van der Waals surface area (Å²) in [5.74, 6) is 5.63. The summed E-state index contributed by atoms with van der Waals surface area (Å²) >= 11 is 0. The SMILES string of the molecule is CC(=O)NC(C#Cc1ccccc1C(N)=O)CC1CCC2=Cc3c(cnn3-c3ccc(F)cc3)CC21C. The smallest absolute Gasteiger partial charge is 0.249 e. The van der Waals surface area contributed by atoms with Crippen LogP contribution in [0.3, 0.4) is 0 Å². The number of fused-ring (bicyclic) bond motifs is 2. The molecule has 1 fully saturated rings. The topological polar surface area (TPSA) is 90.0 Å². The summed E-state index contributed by atoms with van der Waals surface area (Å²) < 4.78 is 15.3. The highest BCUT2D eigenvalue weighted by Gasteiger charge is 2.46. The highest BCUT2D eigenvalue weighted by molar-refractivity contribution is 5.95. The number of halogens is 1. The van der Waals surface area contributed by atoms with Gasteiger partial charge in [0.15, 0.2) is 0 Å². The van der Waals surface area contributed by atoms with Crippen LogP contribution in [-0.4, -0.2) is 27.6 Å². The maximum atomic E-state index is 13.4. The van der Waals surface area contributed by atoms with Crippen LogP contribution in [0.5, 0.6) is 0 Å². The third-order valence-corrected chi connectivity index (χ3v) is 7.69. The molecule has 2 aliphatic rings. The van der Waals surface area contributed by atoms with Gasteiger partial charge in [0.1, 0.15) is 5.82 Å². The molecule has 2 aliphatic carbocycles. The van der Waals surface area contributed by atoms with E-state index in [9.17, 15) is 14.0 Å². The van der Waals surface area contributed by atoms with Gasteiger partial charge in [-0.2, -0.15) is 5.10 Å². The second kappa shape index (κ2) is 9.70. The molecule has 0 bridgehead atoms. The predicted molar refractivity (Wildman–Crippen MR) is 140 cm³/mol. The van der Waals surface area contributed by atoms with Gasteiger partial charge in [-0.15, -0.1) is 0 Å². The average Bonchev–Trinajstić information content (AvgIpc) is 3.41. The van der Waals surface area contributed by atoms with E-state index in [0.29, 0.717) is 23.5 Å². The molecule has 3 atom stereocenters. The van der Waals surface area contributed by atoms with E-state index >= 15 is 0 Å². The summed E-state index contributed by atoms with van der Waals surface area (Å²) in [6.07, 6.45) is 7.62. The van der Waals surface area contributed by atoms with Gasteiger partial charge in [-0.05, 0) is 85.1 Å². The number of carbonyl (C=O) groups excluding carboxylic acids is 2. The summed E-state index contributed by atoms with van der Waals surface area (Å²) in [6, 6.07) is 13.0. The van der Waals surface area contributed by atoms with E-state index in [0.717, 1.165) is 36.2 Å². The first-order valence-corrected chi connectivity index (χ1v) is 12.5. The van der Waals surface area contributed by atoms with Gasteiger partial charge in [0, 0.05) is 12.5 Å². The third kappa shape index (κ3) is 4.79. The molecule has 7 heteroatoms. The number of allylic oxidation sites excluding steroid dienone is 1. The molecule has 0 aliphatic heterocycles. The Balaban J connectivity index is 1.41. The van der Waals surface area contributed by atoms with Gasteiger partial charge in [-0.1, -0.05) is 36.5 Å². The van der Waals surface area contributed by atoms with Gasteiger partial charge in [0.25, 0.3) is 0 Å². The minimum Gasteiger partial charge on any atom is -0.366 e. The summed E-state index contributed by atoms with van der Waals surface area (Å²) in [7, 11) is 0. The van der Waals surface area contributed by atoms with Crippen molar-refractivity contribution in [1.82, 2.24) is 15.1 Å². The monoisotopic (exact) mass is 496 g/mol. The normalized spacial score (nSPS) is 20.6. The number of hydrogen-bond acceptors (Lipinski definition) is 3. The van der Waals surface area contributed by atoms with Gasteiger partial charge in [-0.25, -0.2) is 9.07 Å². The summed E-state index contributed by atoms with van der Waals surface area (Å²) in [6.45, 7) is 3.78. The van der Waals surface area contributed by atoms with Crippen molar-refractivity contribution < 1.29 is 14.0 Å². The van der Waals surface area contributed by atoms with E-state index in [4.69, 9.17) is 5.73 Å². The molecule has 3 unspecified atom stereocenters. The number of aromatic nitrogens is 2. The Morgan fingerprint density at radius 1 is 1.24 bits per heavy atom. The molecular weight excluding hydrogens is 467 g/mol. The number of nitrogens with zero attached hydrogens (tertiary/aromatic N) is 2. The van der Waals surface area contributed by atoms with Crippen molar-refractivity contribution in [1.29, 1.82) is 0 Å². The first-order valence-electron chi connectivity index (χ1n) is 12.5. The number of carbonyl (C=O) groups is 2. The summed E-state index contributed by atoms with van der Waals surface area (Å²) in [5.41, 5.74) is 10.7. The van der Waals surface area contributed by atoms with Crippen molar-refractivity contribution in [3.05, 3.63) is 88.5 Å². The molecule has 1 heterocycles. The van der Waals surface area contributed by atoms with Crippen molar-refractivity contribution in [2.75, 3.05) is 0 Å². The van der Waals surface area contributed by atoms with Crippen LogP contribution in [0.4, 0.5) is 4.39 Å². The highest BCUT2D eigenvalue weighted by Crippen LogP contribution is 2.54. The molecule has 37 heavy (non-hydrogen) atoms. The second-order valence-corrected chi connectivity index (χ2v) is 10.1. The van der Waals surface area contributed by atoms with Crippen molar-refractivity contribution in [2.24, 2.45) is 17.1 Å². The molecule has 5 rings (SSSR count). The molecular formula is C30H29FN4O2. The van der Waals surface area contributed by atoms with E-state index in [1.807, 2.05) is 16.9 Å². The summed E-state index contributed by atoms with van der Waals surface area (Å²) in [4.78, 5) is 23.8. The zero-order valence-corrected chi connectivity index (χ0v) is 20.9. The maximum Gasteiger partial charge on any atom is 0.249 e. The van der Waals surface area contributed by atoms with E-state index in [-0.39, 0.29) is 23.2 Å². The van der Waals surface area contributed by atoms with Crippen LogP contribution in [0, 0.1) is 29.0 Å². The van der Waals surface area contributed by atoms with Crippen LogP contribution in [0.2, 0.25) is 0 Å². The first-order chi connectivity index (χ1) is 17.7. The van der Waals surface area contributed by atoms with E-state index < -0.39 is 5.91 Å². The third-order valence-electron chi connectivity index (χ3n) is 7.69. The Hall–Kier alpha value is -4.18. The lowest BCUT2D eigenvalue weighted by molar-refractivity contribution is -0.119. The lowest BCUT2D eigenvalue weighted by Crippen LogP contribution is -2.37. The molecule has 0 spiro atoms. The number of nitrogens with one attached hydrogen (secondary N) is 1. The first kappa shape index (κ1) is 24.5. The maximum absolute atomic E-state index is 13.4. The van der Waals surface area contributed by atoms with Gasteiger partial charge in [-0.3, -0.25) is 9.59 Å². The number of rotatable bonds is 5. The number of hydrogen-bond donors (Lipinski definition) is 2. The largest absolute Gasteiger partial charge is 0.366 e. The van der Waals surface area contributed by atoms with Crippen molar-refractivity contribution >= 4 is 17.9 Å². The van der Waals surface area contributed by atoms with Crippen LogP contribution < -0.4 is 11.1 Å². The molecule has 0 saturated heterocycles. The Kier molecular flexibility index (Phi) is 6.43. The zero-order chi connectivity index (χ0) is 26.2. The van der Waals surface area contributed by atoms with Crippen molar-refractivity contribution in [2.45, 2.75) is 45.6 Å². The second-order valence-electron chi connectivity index (χ2n) is 10.1. The Labute approximate surface area is 215 Å². The summed E-state index contributed by atoms with van der Waals surface area (Å²) in [5, 5.41) is 7.59. The Bertz CT molecular complexity index is 1460. The standard InChI is InChI=1S/C30H29FN4O2/c1-19(36)34-25(12-7-20-5-3-4-6-27(20)29(32)37)15-22-8-9-23-16-28-21(17-30(22,23)2)18-33-35(28)26-13-10-24(31)11-14-26/h3-6,10-11,13-14,16,18,22,25H,8-9,15,17H2,1-2H3,(H2,32,37)(H,34,36). The molecule has 2 aromatic carbocycles. The minimum atomic E-state index is -0.529. The molecule has 3 N–H and O–H groups in total. The lowest BCUT2D eigenvalue weighted by atomic mass is 9.68. The lowest BCUT2D eigenvalue weighted by Gasteiger charge is -2.37. The van der Waals surface area contributed by atoms with Crippen molar-refractivity contribution in [3.63, 3.8) is 0 Å². The molecule has 2 amide bonds. The highest BCUT2D eigenvalue weighted by atomic mass is 19.1. The van der Waals surface area contributed by atoms with E-state index in [1.54, 1.807) is 30.3 Å².